The number of hydrogen-bond acceptors (Lipinski definition) is 6. The number of methoxy groups -OCH3 is 1. The number of nitrogens with one attached hydrogen (secondary N) is 1. The van der Waals surface area contributed by atoms with E-state index >= 15 is 0 Å². The predicted octanol–water partition coefficient (Wildman–Crippen LogP) is 4.15. The number of anilines is 1. The number of nitrogens with zero attached hydrogens (tertiary/aromatic N) is 2. The number of hydrogen-bond donors (Lipinski definition) is 1. The first-order valence-electron chi connectivity index (χ1n) is 7.79. The molecule has 3 aromatic rings. The van der Waals surface area contributed by atoms with Crippen LogP contribution in [0.25, 0.3) is 11.4 Å². The minimum Gasteiger partial charge on any atom is -0.465 e. The zero-order valence-electron chi connectivity index (χ0n) is 14.1. The highest BCUT2D eigenvalue weighted by atomic mass is 19.4. The van der Waals surface area contributed by atoms with Crippen molar-refractivity contribution in [2.75, 3.05) is 12.4 Å². The fourth-order valence-electron chi connectivity index (χ4n) is 2.33. The fourth-order valence-corrected chi connectivity index (χ4v) is 2.33. The smallest absolute Gasteiger partial charge is 0.416 e. The lowest BCUT2D eigenvalue weighted by atomic mass is 10.1. The minimum atomic E-state index is -4.45. The Bertz CT molecular complexity index is 954. The van der Waals surface area contributed by atoms with Crippen LogP contribution in [0.5, 0.6) is 0 Å². The molecule has 0 saturated carbocycles. The zero-order valence-corrected chi connectivity index (χ0v) is 14.1. The normalized spacial score (nSPS) is 11.3. The van der Waals surface area contributed by atoms with Gasteiger partial charge in [-0.1, -0.05) is 23.4 Å². The zero-order chi connectivity index (χ0) is 19.4. The van der Waals surface area contributed by atoms with Crippen LogP contribution in [0.2, 0.25) is 0 Å². The van der Waals surface area contributed by atoms with Gasteiger partial charge in [-0.15, -0.1) is 0 Å². The van der Waals surface area contributed by atoms with E-state index in [1.807, 2.05) is 0 Å². The third kappa shape index (κ3) is 4.43. The maximum Gasteiger partial charge on any atom is 0.416 e. The molecule has 1 heterocycles. The summed E-state index contributed by atoms with van der Waals surface area (Å²) in [7, 11) is 1.29. The number of benzene rings is 2. The molecule has 2 aromatic carbocycles. The van der Waals surface area contributed by atoms with Crippen LogP contribution in [0.4, 0.5) is 18.9 Å². The Morgan fingerprint density at radius 1 is 1.19 bits per heavy atom. The summed E-state index contributed by atoms with van der Waals surface area (Å²) in [6, 6.07) is 11.3. The van der Waals surface area contributed by atoms with Crippen molar-refractivity contribution in [2.24, 2.45) is 0 Å². The molecule has 1 N–H and O–H groups in total. The summed E-state index contributed by atoms with van der Waals surface area (Å²) in [6.45, 7) is 0.136. The van der Waals surface area contributed by atoms with Crippen LogP contribution >= 0.6 is 0 Å². The highest BCUT2D eigenvalue weighted by molar-refractivity contribution is 5.90. The number of carbonyl (C=O) groups excluding carboxylic acids is 1. The first-order chi connectivity index (χ1) is 12.9. The van der Waals surface area contributed by atoms with Gasteiger partial charge in [0.1, 0.15) is 0 Å². The van der Waals surface area contributed by atoms with Gasteiger partial charge in [-0.2, -0.15) is 18.2 Å². The van der Waals surface area contributed by atoms with E-state index in [4.69, 9.17) is 4.52 Å². The van der Waals surface area contributed by atoms with Gasteiger partial charge in [-0.05, 0) is 30.3 Å². The van der Waals surface area contributed by atoms with Gasteiger partial charge in [0.2, 0.25) is 11.7 Å². The van der Waals surface area contributed by atoms with E-state index in [0.717, 1.165) is 12.1 Å². The first-order valence-corrected chi connectivity index (χ1v) is 7.79. The quantitative estimate of drug-likeness (QED) is 0.673. The van der Waals surface area contributed by atoms with E-state index in [1.54, 1.807) is 24.3 Å². The Balaban J connectivity index is 1.71. The molecule has 0 aliphatic carbocycles. The molecule has 0 aliphatic rings. The second kappa shape index (κ2) is 7.48. The number of rotatable bonds is 5. The second-order valence-corrected chi connectivity index (χ2v) is 5.52. The average molecular weight is 377 g/mol. The highest BCUT2D eigenvalue weighted by Gasteiger charge is 2.30. The molecule has 0 amide bonds. The SMILES string of the molecule is COC(=O)c1cccc(NCc2nc(-c3cccc(C(F)(F)F)c3)no2)c1. The number of carbonyl (C=O) groups is 1. The van der Waals surface area contributed by atoms with Crippen LogP contribution in [-0.2, 0) is 17.5 Å². The van der Waals surface area contributed by atoms with Crippen LogP contribution in [0.3, 0.4) is 0 Å². The standard InChI is InChI=1S/C18H14F3N3O3/c1-26-17(25)12-5-3-7-14(9-12)22-10-15-23-16(24-27-15)11-4-2-6-13(8-11)18(19,20)21/h2-9,22H,10H2,1H3. The minimum absolute atomic E-state index is 0.0567. The van der Waals surface area contributed by atoms with Crippen LogP contribution < -0.4 is 5.32 Å². The van der Waals surface area contributed by atoms with Gasteiger partial charge in [0, 0.05) is 11.3 Å². The molecule has 0 atom stereocenters. The average Bonchev–Trinajstić information content (AvgIpc) is 3.14. The first kappa shape index (κ1) is 18.4. The van der Waals surface area contributed by atoms with Gasteiger partial charge in [0.15, 0.2) is 0 Å². The number of aromatic nitrogens is 2. The molecule has 140 valence electrons. The number of esters is 1. The van der Waals surface area contributed by atoms with Crippen molar-refractivity contribution < 1.29 is 27.2 Å². The van der Waals surface area contributed by atoms with Crippen molar-refractivity contribution in [3.05, 3.63) is 65.5 Å². The molecule has 0 bridgehead atoms. The fraction of sp³-hybridized carbons (Fsp3) is 0.167. The molecule has 0 radical (unpaired) electrons. The number of ether oxygens (including phenoxy) is 1. The molecule has 6 nitrogen and oxygen atoms in total. The summed E-state index contributed by atoms with van der Waals surface area (Å²) in [5, 5.41) is 6.71. The summed E-state index contributed by atoms with van der Waals surface area (Å²) < 4.78 is 48.1. The Morgan fingerprint density at radius 2 is 1.96 bits per heavy atom. The summed E-state index contributed by atoms with van der Waals surface area (Å²) in [4.78, 5) is 15.6. The predicted molar refractivity (Wildman–Crippen MR) is 89.8 cm³/mol. The monoisotopic (exact) mass is 377 g/mol. The Hall–Kier alpha value is -3.36. The number of halogens is 3. The van der Waals surface area contributed by atoms with E-state index in [2.05, 4.69) is 20.2 Å². The molecular weight excluding hydrogens is 363 g/mol. The van der Waals surface area contributed by atoms with Crippen LogP contribution in [0.1, 0.15) is 21.8 Å². The molecule has 0 unspecified atom stereocenters. The van der Waals surface area contributed by atoms with Crippen molar-refractivity contribution in [1.29, 1.82) is 0 Å². The van der Waals surface area contributed by atoms with Crippen molar-refractivity contribution in [1.82, 2.24) is 10.1 Å². The summed E-state index contributed by atoms with van der Waals surface area (Å²) in [5.74, 6) is -0.227. The molecule has 27 heavy (non-hydrogen) atoms. The van der Waals surface area contributed by atoms with Gasteiger partial charge in [-0.25, -0.2) is 4.79 Å². The van der Waals surface area contributed by atoms with E-state index in [0.29, 0.717) is 11.3 Å². The van der Waals surface area contributed by atoms with Crippen molar-refractivity contribution in [2.45, 2.75) is 12.7 Å². The third-order valence-corrected chi connectivity index (χ3v) is 3.64. The van der Waals surface area contributed by atoms with Gasteiger partial charge < -0.3 is 14.6 Å². The molecule has 0 spiro atoms. The molecule has 1 aromatic heterocycles. The van der Waals surface area contributed by atoms with Crippen LogP contribution in [0.15, 0.2) is 53.1 Å². The Kier molecular flexibility index (Phi) is 5.11. The lowest BCUT2D eigenvalue weighted by Crippen LogP contribution is -2.04. The maximum absolute atomic E-state index is 12.8. The van der Waals surface area contributed by atoms with Gasteiger partial charge in [-0.3, -0.25) is 0 Å². The topological polar surface area (TPSA) is 77.2 Å². The Labute approximate surface area is 152 Å². The molecular formula is C18H14F3N3O3. The second-order valence-electron chi connectivity index (χ2n) is 5.52. The van der Waals surface area contributed by atoms with Crippen molar-refractivity contribution in [3.63, 3.8) is 0 Å². The highest BCUT2D eigenvalue weighted by Crippen LogP contribution is 2.31. The van der Waals surface area contributed by atoms with Crippen LogP contribution in [0, 0.1) is 0 Å². The molecule has 9 heteroatoms. The molecule has 0 aliphatic heterocycles. The van der Waals surface area contributed by atoms with Crippen molar-refractivity contribution in [3.8, 4) is 11.4 Å². The van der Waals surface area contributed by atoms with Gasteiger partial charge in [0.25, 0.3) is 0 Å². The van der Waals surface area contributed by atoms with E-state index in [-0.39, 0.29) is 23.8 Å². The van der Waals surface area contributed by atoms with E-state index < -0.39 is 17.7 Å². The van der Waals surface area contributed by atoms with Gasteiger partial charge in [0.05, 0.1) is 24.8 Å². The summed E-state index contributed by atoms with van der Waals surface area (Å²) in [5.41, 5.74) is 0.408. The molecule has 0 saturated heterocycles. The van der Waals surface area contributed by atoms with E-state index in [1.165, 1.54) is 19.2 Å². The summed E-state index contributed by atoms with van der Waals surface area (Å²) >= 11 is 0. The third-order valence-electron chi connectivity index (χ3n) is 3.64. The van der Waals surface area contributed by atoms with Crippen molar-refractivity contribution >= 4 is 11.7 Å². The summed E-state index contributed by atoms with van der Waals surface area (Å²) in [6.07, 6.45) is -4.45. The lowest BCUT2D eigenvalue weighted by Gasteiger charge is -2.06. The van der Waals surface area contributed by atoms with Gasteiger partial charge >= 0.3 is 12.1 Å². The lowest BCUT2D eigenvalue weighted by molar-refractivity contribution is -0.137. The Morgan fingerprint density at radius 3 is 2.70 bits per heavy atom. The molecule has 3 rings (SSSR count). The number of alkyl halides is 3. The largest absolute Gasteiger partial charge is 0.465 e. The molecule has 0 fully saturated rings. The van der Waals surface area contributed by atoms with Crippen LogP contribution in [-0.4, -0.2) is 23.2 Å². The maximum atomic E-state index is 12.8. The van der Waals surface area contributed by atoms with E-state index in [9.17, 15) is 18.0 Å².